The van der Waals surface area contributed by atoms with Crippen LogP contribution in [0.2, 0.25) is 5.15 Å². The van der Waals surface area contributed by atoms with Crippen molar-refractivity contribution in [3.05, 3.63) is 101 Å². The minimum atomic E-state index is -0.274. The number of carbonyl (C=O) groups excluding carboxylic acids is 1. The summed E-state index contributed by atoms with van der Waals surface area (Å²) in [5.74, 6) is 0.310. The first kappa shape index (κ1) is 22.2. The number of aromatic nitrogens is 4. The van der Waals surface area contributed by atoms with Gasteiger partial charge in [0.1, 0.15) is 10.9 Å². The van der Waals surface area contributed by atoms with Crippen molar-refractivity contribution in [2.24, 2.45) is 0 Å². The predicted octanol–water partition coefficient (Wildman–Crippen LogP) is 5.44. The van der Waals surface area contributed by atoms with Crippen molar-refractivity contribution < 1.29 is 9.53 Å². The third-order valence-corrected chi connectivity index (χ3v) is 5.29. The number of nitrogens with zero attached hydrogens (tertiary/aromatic N) is 4. The first-order valence-electron chi connectivity index (χ1n) is 10.3. The van der Waals surface area contributed by atoms with Crippen molar-refractivity contribution >= 4 is 29.3 Å². The van der Waals surface area contributed by atoms with E-state index in [0.29, 0.717) is 28.7 Å². The molecule has 0 fully saturated rings. The van der Waals surface area contributed by atoms with E-state index >= 15 is 0 Å². The minimum absolute atomic E-state index is 0.261. The Kier molecular flexibility index (Phi) is 6.80. The molecule has 0 aliphatic carbocycles. The van der Waals surface area contributed by atoms with Gasteiger partial charge in [0.25, 0.3) is 0 Å². The van der Waals surface area contributed by atoms with Crippen LogP contribution in [0.15, 0.2) is 73.1 Å². The minimum Gasteiger partial charge on any atom is -0.424 e. The zero-order chi connectivity index (χ0) is 23.2. The van der Waals surface area contributed by atoms with Gasteiger partial charge < -0.3 is 10.1 Å². The molecule has 0 radical (unpaired) electrons. The second-order valence-corrected chi connectivity index (χ2v) is 7.72. The van der Waals surface area contributed by atoms with Gasteiger partial charge in [-0.05, 0) is 55.3 Å². The quantitative estimate of drug-likeness (QED) is 0.372. The summed E-state index contributed by atoms with van der Waals surface area (Å²) in [6.07, 6.45) is 6.34. The fourth-order valence-corrected chi connectivity index (χ4v) is 3.53. The summed E-state index contributed by atoms with van der Waals surface area (Å²) >= 11 is 6.53. The highest BCUT2D eigenvalue weighted by Crippen LogP contribution is 2.25. The van der Waals surface area contributed by atoms with Gasteiger partial charge in [-0.2, -0.15) is 5.10 Å². The number of benzene rings is 2. The molecule has 0 saturated heterocycles. The average Bonchev–Trinajstić information content (AvgIpc) is 3.08. The Morgan fingerprint density at radius 3 is 2.58 bits per heavy atom. The maximum absolute atomic E-state index is 12.5. The summed E-state index contributed by atoms with van der Waals surface area (Å²) in [5.41, 5.74) is 4.08. The molecule has 33 heavy (non-hydrogen) atoms. The van der Waals surface area contributed by atoms with Crippen LogP contribution < -0.4 is 10.1 Å². The number of rotatable bonds is 7. The lowest BCUT2D eigenvalue weighted by Crippen LogP contribution is -2.09. The highest BCUT2D eigenvalue weighted by atomic mass is 35.5. The van der Waals surface area contributed by atoms with Crippen molar-refractivity contribution in [1.29, 1.82) is 0 Å². The highest BCUT2D eigenvalue weighted by molar-refractivity contribution is 6.31. The Morgan fingerprint density at radius 1 is 1.09 bits per heavy atom. The summed E-state index contributed by atoms with van der Waals surface area (Å²) in [6, 6.07) is 17.2. The number of hydrogen-bond donors (Lipinski definition) is 1. The van der Waals surface area contributed by atoms with E-state index in [4.69, 9.17) is 16.3 Å². The van der Waals surface area contributed by atoms with Crippen LogP contribution in [-0.2, 0) is 11.3 Å². The Morgan fingerprint density at radius 2 is 1.85 bits per heavy atom. The maximum Gasteiger partial charge on any atom is 0.321 e. The van der Waals surface area contributed by atoms with E-state index in [0.717, 1.165) is 16.8 Å². The van der Waals surface area contributed by atoms with Gasteiger partial charge in [0.15, 0.2) is 0 Å². The third-order valence-electron chi connectivity index (χ3n) is 4.89. The lowest BCUT2D eigenvalue weighted by atomic mass is 10.2. The highest BCUT2D eigenvalue weighted by Gasteiger charge is 2.12. The van der Waals surface area contributed by atoms with Crippen LogP contribution in [0.25, 0.3) is 6.08 Å². The SMILES string of the molecule is Cc1cc(Oc2ncccn2)ccc1NC(=O)C=Cc1c(C)nn(Cc2ccccc2)c1Cl. The van der Waals surface area contributed by atoms with E-state index < -0.39 is 0 Å². The molecular weight excluding hydrogens is 438 g/mol. The normalized spacial score (nSPS) is 11.0. The van der Waals surface area contributed by atoms with Crippen molar-refractivity contribution in [3.8, 4) is 11.8 Å². The van der Waals surface area contributed by atoms with Gasteiger partial charge in [-0.3, -0.25) is 4.79 Å². The Hall–Kier alpha value is -3.97. The summed E-state index contributed by atoms with van der Waals surface area (Å²) in [6.45, 7) is 4.30. The summed E-state index contributed by atoms with van der Waals surface area (Å²) in [4.78, 5) is 20.6. The van der Waals surface area contributed by atoms with Crippen LogP contribution in [0, 0.1) is 13.8 Å². The number of ether oxygens (including phenoxy) is 1. The predicted molar refractivity (Wildman–Crippen MR) is 128 cm³/mol. The lowest BCUT2D eigenvalue weighted by molar-refractivity contribution is -0.111. The van der Waals surface area contributed by atoms with Gasteiger partial charge in [0.2, 0.25) is 5.91 Å². The monoisotopic (exact) mass is 459 g/mol. The fourth-order valence-electron chi connectivity index (χ4n) is 3.23. The van der Waals surface area contributed by atoms with Gasteiger partial charge in [0.05, 0.1) is 12.2 Å². The molecule has 0 saturated carbocycles. The Bertz CT molecular complexity index is 1290. The number of nitrogens with one attached hydrogen (secondary N) is 1. The fraction of sp³-hybridized carbons (Fsp3) is 0.120. The van der Waals surface area contributed by atoms with Gasteiger partial charge in [-0.1, -0.05) is 41.9 Å². The standard InChI is InChI=1S/C25H22ClN5O2/c1-17-15-20(33-25-27-13-6-14-28-25)9-11-22(17)29-23(32)12-10-21-18(2)30-31(24(21)26)16-19-7-4-3-5-8-19/h3-15H,16H2,1-2H3,(H,29,32). The molecule has 7 nitrogen and oxygen atoms in total. The molecule has 1 N–H and O–H groups in total. The van der Waals surface area contributed by atoms with E-state index in [2.05, 4.69) is 20.4 Å². The van der Waals surface area contributed by atoms with Gasteiger partial charge >= 0.3 is 6.01 Å². The molecule has 0 bridgehead atoms. The van der Waals surface area contributed by atoms with Crippen LogP contribution in [0.5, 0.6) is 11.8 Å². The zero-order valence-corrected chi connectivity index (χ0v) is 19.0. The summed E-state index contributed by atoms with van der Waals surface area (Å²) < 4.78 is 7.35. The molecule has 2 aromatic carbocycles. The first-order valence-corrected chi connectivity index (χ1v) is 10.7. The molecular formula is C25H22ClN5O2. The molecule has 4 aromatic rings. The molecule has 2 heterocycles. The second kappa shape index (κ2) is 10.1. The van der Waals surface area contributed by atoms with Crippen molar-refractivity contribution in [2.45, 2.75) is 20.4 Å². The average molecular weight is 460 g/mol. The Balaban J connectivity index is 1.42. The van der Waals surface area contributed by atoms with Crippen LogP contribution in [0.3, 0.4) is 0 Å². The topological polar surface area (TPSA) is 81.9 Å². The number of anilines is 1. The molecule has 0 unspecified atom stereocenters. The Labute approximate surface area is 196 Å². The first-order chi connectivity index (χ1) is 16.0. The molecule has 166 valence electrons. The molecule has 0 aliphatic heterocycles. The number of hydrogen-bond acceptors (Lipinski definition) is 5. The largest absolute Gasteiger partial charge is 0.424 e. The van der Waals surface area contributed by atoms with Crippen LogP contribution in [-0.4, -0.2) is 25.7 Å². The van der Waals surface area contributed by atoms with E-state index in [1.54, 1.807) is 41.4 Å². The third kappa shape index (κ3) is 5.64. The molecule has 0 aliphatic rings. The lowest BCUT2D eigenvalue weighted by Gasteiger charge is -2.09. The van der Waals surface area contributed by atoms with Gasteiger partial charge in [-0.15, -0.1) is 0 Å². The summed E-state index contributed by atoms with van der Waals surface area (Å²) in [7, 11) is 0. The number of aryl methyl sites for hydroxylation is 2. The molecule has 0 atom stereocenters. The van der Waals surface area contributed by atoms with Gasteiger partial charge in [0, 0.05) is 29.7 Å². The van der Waals surface area contributed by atoms with E-state index in [1.165, 1.54) is 6.08 Å². The van der Waals surface area contributed by atoms with Crippen LogP contribution in [0.1, 0.15) is 22.4 Å². The van der Waals surface area contributed by atoms with Crippen molar-refractivity contribution in [2.75, 3.05) is 5.32 Å². The zero-order valence-electron chi connectivity index (χ0n) is 18.2. The molecule has 1 amide bonds. The summed E-state index contributed by atoms with van der Waals surface area (Å²) in [5, 5.41) is 7.86. The number of carbonyl (C=O) groups is 1. The molecule has 2 aromatic heterocycles. The second-order valence-electron chi connectivity index (χ2n) is 7.37. The van der Waals surface area contributed by atoms with Crippen molar-refractivity contribution in [3.63, 3.8) is 0 Å². The van der Waals surface area contributed by atoms with Crippen molar-refractivity contribution in [1.82, 2.24) is 19.7 Å². The van der Waals surface area contributed by atoms with Crippen LogP contribution >= 0.6 is 11.6 Å². The smallest absolute Gasteiger partial charge is 0.321 e. The van der Waals surface area contributed by atoms with Crippen LogP contribution in [0.4, 0.5) is 5.69 Å². The molecule has 8 heteroatoms. The van der Waals surface area contributed by atoms with Gasteiger partial charge in [-0.25, -0.2) is 14.6 Å². The van der Waals surface area contributed by atoms with E-state index in [9.17, 15) is 4.79 Å². The maximum atomic E-state index is 12.5. The number of amides is 1. The number of halogens is 1. The van der Waals surface area contributed by atoms with E-state index in [1.807, 2.05) is 50.2 Å². The van der Waals surface area contributed by atoms with E-state index in [-0.39, 0.29) is 11.9 Å². The molecule has 0 spiro atoms. The molecule has 4 rings (SSSR count).